The van der Waals surface area contributed by atoms with E-state index in [1.54, 1.807) is 24.3 Å². The average molecular weight is 341 g/mol. The summed E-state index contributed by atoms with van der Waals surface area (Å²) in [5.74, 6) is -1.01. The zero-order chi connectivity index (χ0) is 17.3. The van der Waals surface area contributed by atoms with E-state index >= 15 is 0 Å². The highest BCUT2D eigenvalue weighted by Gasteiger charge is 2.07. The minimum Gasteiger partial charge on any atom is -0.481 e. The molecule has 1 rings (SSSR count). The van der Waals surface area contributed by atoms with Crippen molar-refractivity contribution in [2.45, 2.75) is 37.9 Å². The Morgan fingerprint density at radius 3 is 2.22 bits per heavy atom. The van der Waals surface area contributed by atoms with E-state index in [1.807, 2.05) is 0 Å². The molecule has 0 saturated heterocycles. The first-order chi connectivity index (χ1) is 10.8. The van der Waals surface area contributed by atoms with Crippen LogP contribution in [0.2, 0.25) is 0 Å². The number of amides is 1. The van der Waals surface area contributed by atoms with Crippen molar-refractivity contribution >= 4 is 21.7 Å². The van der Waals surface area contributed by atoms with Gasteiger partial charge in [-0.2, -0.15) is 0 Å². The highest BCUT2D eigenvalue weighted by Crippen LogP contribution is 2.08. The van der Waals surface area contributed by atoms with E-state index in [2.05, 4.69) is 5.32 Å². The number of carboxylic acid groups (broad SMARTS) is 1. The topological polar surface area (TPSA) is 101 Å². The molecule has 1 aromatic rings. The first-order valence-corrected chi connectivity index (χ1v) is 9.60. The molecule has 0 bridgehead atoms. The Kier molecular flexibility index (Phi) is 7.74. The van der Waals surface area contributed by atoms with Gasteiger partial charge in [0, 0.05) is 24.8 Å². The first kappa shape index (κ1) is 19.2. The fourth-order valence-electron chi connectivity index (χ4n) is 2.11. The summed E-state index contributed by atoms with van der Waals surface area (Å²) in [5.41, 5.74) is 1.15. The van der Waals surface area contributed by atoms with Gasteiger partial charge in [0.1, 0.15) is 0 Å². The van der Waals surface area contributed by atoms with Gasteiger partial charge in [-0.3, -0.25) is 9.59 Å². The first-order valence-electron chi connectivity index (χ1n) is 7.54. The predicted molar refractivity (Wildman–Crippen MR) is 88.0 cm³/mol. The predicted octanol–water partition coefficient (Wildman–Crippen LogP) is 2.00. The number of hydrogen-bond donors (Lipinski definition) is 2. The Morgan fingerprint density at radius 1 is 1.04 bits per heavy atom. The number of unbranched alkanes of at least 4 members (excludes halogenated alkanes) is 3. The number of benzene rings is 1. The molecule has 0 radical (unpaired) electrons. The van der Waals surface area contributed by atoms with Crippen LogP contribution in [0.1, 0.15) is 48.0 Å². The normalized spacial score (nSPS) is 11.2. The second-order valence-electron chi connectivity index (χ2n) is 5.58. The summed E-state index contributed by atoms with van der Waals surface area (Å²) >= 11 is 0. The molecule has 1 amide bonds. The lowest BCUT2D eigenvalue weighted by atomic mass is 10.1. The van der Waals surface area contributed by atoms with E-state index in [0.717, 1.165) is 19.3 Å². The lowest BCUT2D eigenvalue weighted by Gasteiger charge is -2.06. The van der Waals surface area contributed by atoms with Crippen molar-refractivity contribution in [3.8, 4) is 0 Å². The van der Waals surface area contributed by atoms with Crippen molar-refractivity contribution in [1.29, 1.82) is 0 Å². The monoisotopic (exact) mass is 341 g/mol. The third-order valence-electron chi connectivity index (χ3n) is 3.25. The van der Waals surface area contributed by atoms with E-state index < -0.39 is 15.8 Å². The highest BCUT2D eigenvalue weighted by molar-refractivity contribution is 7.89. The molecule has 128 valence electrons. The zero-order valence-electron chi connectivity index (χ0n) is 13.2. The van der Waals surface area contributed by atoms with Crippen molar-refractivity contribution in [1.82, 2.24) is 5.32 Å². The second-order valence-corrected chi connectivity index (χ2v) is 7.72. The standard InChI is InChI=1S/C16H23NO5S/c1-23(21,22)12-13-7-9-14(10-8-13)16(20)17-11-5-3-2-4-6-15(18)19/h7-10H,2-6,11-12H2,1H3,(H,17,20)(H,18,19). The molecule has 0 aliphatic heterocycles. The summed E-state index contributed by atoms with van der Waals surface area (Å²) in [6, 6.07) is 6.51. The minimum absolute atomic E-state index is 0.0365. The summed E-state index contributed by atoms with van der Waals surface area (Å²) in [4.78, 5) is 22.3. The quantitative estimate of drug-likeness (QED) is 0.634. The van der Waals surface area contributed by atoms with Crippen LogP contribution in [0.4, 0.5) is 0 Å². The Hall–Kier alpha value is -1.89. The van der Waals surface area contributed by atoms with Crippen LogP contribution in [0.3, 0.4) is 0 Å². The molecular weight excluding hydrogens is 318 g/mol. The molecule has 0 aliphatic carbocycles. The third-order valence-corrected chi connectivity index (χ3v) is 4.11. The van der Waals surface area contributed by atoms with Crippen LogP contribution < -0.4 is 5.32 Å². The van der Waals surface area contributed by atoms with E-state index in [4.69, 9.17) is 5.11 Å². The number of carboxylic acids is 1. The lowest BCUT2D eigenvalue weighted by Crippen LogP contribution is -2.24. The second kappa shape index (κ2) is 9.29. The molecule has 0 unspecified atom stereocenters. The summed E-state index contributed by atoms with van der Waals surface area (Å²) in [6.45, 7) is 0.539. The number of sulfone groups is 1. The summed E-state index contributed by atoms with van der Waals surface area (Å²) < 4.78 is 22.4. The van der Waals surface area contributed by atoms with Crippen LogP contribution >= 0.6 is 0 Å². The van der Waals surface area contributed by atoms with Crippen LogP contribution in [-0.4, -0.2) is 38.2 Å². The van der Waals surface area contributed by atoms with Gasteiger partial charge in [0.15, 0.2) is 9.84 Å². The maximum Gasteiger partial charge on any atom is 0.303 e. The zero-order valence-corrected chi connectivity index (χ0v) is 14.1. The number of aliphatic carboxylic acids is 1. The van der Waals surface area contributed by atoms with Crippen LogP contribution in [-0.2, 0) is 20.4 Å². The molecule has 2 N–H and O–H groups in total. The molecule has 0 spiro atoms. The Labute approximate surface area is 136 Å². The third kappa shape index (κ3) is 8.97. The van der Waals surface area contributed by atoms with E-state index in [9.17, 15) is 18.0 Å². The molecule has 7 heteroatoms. The average Bonchev–Trinajstić information content (AvgIpc) is 2.44. The minimum atomic E-state index is -3.08. The summed E-state index contributed by atoms with van der Waals surface area (Å²) in [7, 11) is -3.08. The molecule has 0 heterocycles. The number of rotatable bonds is 10. The molecular formula is C16H23NO5S. The highest BCUT2D eigenvalue weighted by atomic mass is 32.2. The van der Waals surface area contributed by atoms with Crippen molar-refractivity contribution < 1.29 is 23.1 Å². The van der Waals surface area contributed by atoms with Gasteiger partial charge in [-0.25, -0.2) is 8.42 Å². The largest absolute Gasteiger partial charge is 0.481 e. The Morgan fingerprint density at radius 2 is 1.65 bits per heavy atom. The van der Waals surface area contributed by atoms with E-state index in [0.29, 0.717) is 24.1 Å². The van der Waals surface area contributed by atoms with Crippen LogP contribution in [0, 0.1) is 0 Å². The fraction of sp³-hybridized carbons (Fsp3) is 0.500. The van der Waals surface area contributed by atoms with Gasteiger partial charge in [-0.05, 0) is 30.5 Å². The molecule has 0 aromatic heterocycles. The smallest absolute Gasteiger partial charge is 0.303 e. The SMILES string of the molecule is CS(=O)(=O)Cc1ccc(C(=O)NCCCCCCC(=O)O)cc1. The molecule has 0 saturated carbocycles. The van der Waals surface area contributed by atoms with Crippen LogP contribution in [0.25, 0.3) is 0 Å². The number of hydrogen-bond acceptors (Lipinski definition) is 4. The molecule has 1 aromatic carbocycles. The summed E-state index contributed by atoms with van der Waals surface area (Å²) in [6.07, 6.45) is 4.53. The summed E-state index contributed by atoms with van der Waals surface area (Å²) in [5, 5.41) is 11.3. The maximum atomic E-state index is 11.9. The van der Waals surface area contributed by atoms with E-state index in [-0.39, 0.29) is 18.1 Å². The van der Waals surface area contributed by atoms with Crippen LogP contribution in [0.15, 0.2) is 24.3 Å². The Bertz CT molecular complexity index is 622. The van der Waals surface area contributed by atoms with E-state index in [1.165, 1.54) is 6.26 Å². The van der Waals surface area contributed by atoms with Gasteiger partial charge in [-0.15, -0.1) is 0 Å². The maximum absolute atomic E-state index is 11.9. The van der Waals surface area contributed by atoms with Gasteiger partial charge in [0.05, 0.1) is 5.75 Å². The molecule has 0 fully saturated rings. The van der Waals surface area contributed by atoms with Gasteiger partial charge >= 0.3 is 5.97 Å². The molecule has 6 nitrogen and oxygen atoms in total. The number of carbonyl (C=O) groups is 2. The van der Waals surface area contributed by atoms with Crippen molar-refractivity contribution in [2.24, 2.45) is 0 Å². The lowest BCUT2D eigenvalue weighted by molar-refractivity contribution is -0.137. The molecule has 0 aliphatic rings. The number of carbonyl (C=O) groups excluding carboxylic acids is 1. The van der Waals surface area contributed by atoms with Crippen molar-refractivity contribution in [3.05, 3.63) is 35.4 Å². The van der Waals surface area contributed by atoms with Crippen LogP contribution in [0.5, 0.6) is 0 Å². The molecule has 0 atom stereocenters. The Balaban J connectivity index is 2.28. The van der Waals surface area contributed by atoms with Gasteiger partial charge in [-0.1, -0.05) is 25.0 Å². The van der Waals surface area contributed by atoms with Gasteiger partial charge in [0.2, 0.25) is 0 Å². The van der Waals surface area contributed by atoms with Gasteiger partial charge < -0.3 is 10.4 Å². The fourth-order valence-corrected chi connectivity index (χ4v) is 2.91. The van der Waals surface area contributed by atoms with Crippen molar-refractivity contribution in [3.63, 3.8) is 0 Å². The van der Waals surface area contributed by atoms with Gasteiger partial charge in [0.25, 0.3) is 5.91 Å². The van der Waals surface area contributed by atoms with Crippen molar-refractivity contribution in [2.75, 3.05) is 12.8 Å². The number of nitrogens with one attached hydrogen (secondary N) is 1. The molecule has 23 heavy (non-hydrogen) atoms.